The van der Waals surface area contributed by atoms with Crippen molar-refractivity contribution < 1.29 is 14.0 Å². The van der Waals surface area contributed by atoms with Crippen LogP contribution in [0.2, 0.25) is 5.02 Å². The van der Waals surface area contributed by atoms with Crippen molar-refractivity contribution in [1.29, 1.82) is 0 Å². The molecule has 1 N–H and O–H groups in total. The van der Waals surface area contributed by atoms with Crippen LogP contribution < -0.4 is 5.32 Å². The van der Waals surface area contributed by atoms with Crippen molar-refractivity contribution in [3.8, 4) is 0 Å². The zero-order valence-electron chi connectivity index (χ0n) is 22.3. The van der Waals surface area contributed by atoms with E-state index in [0.29, 0.717) is 29.6 Å². The molecule has 0 atom stereocenters. The molecular weight excluding hydrogens is 524 g/mol. The Balaban J connectivity index is 1.20. The van der Waals surface area contributed by atoms with Gasteiger partial charge in [0, 0.05) is 49.9 Å². The van der Waals surface area contributed by atoms with Gasteiger partial charge in [-0.05, 0) is 47.5 Å². The van der Waals surface area contributed by atoms with Crippen LogP contribution in [-0.2, 0) is 11.3 Å². The summed E-state index contributed by atoms with van der Waals surface area (Å²) in [6.07, 6.45) is 1.81. The van der Waals surface area contributed by atoms with Gasteiger partial charge in [0.05, 0.1) is 18.8 Å². The van der Waals surface area contributed by atoms with Gasteiger partial charge in [-0.3, -0.25) is 9.69 Å². The third kappa shape index (κ3) is 7.11. The lowest BCUT2D eigenvalue weighted by atomic mass is 9.96. The molecular formula is C32H33ClN4O3. The zero-order valence-corrected chi connectivity index (χ0v) is 23.0. The smallest absolute Gasteiger partial charge is 0.322 e. The molecule has 5 rings (SSSR count). The number of carbonyl (C=O) groups is 2. The Labute approximate surface area is 239 Å². The largest absolute Gasteiger partial charge is 0.467 e. The van der Waals surface area contributed by atoms with E-state index in [2.05, 4.69) is 58.7 Å². The van der Waals surface area contributed by atoms with Crippen LogP contribution in [0, 0.1) is 0 Å². The minimum Gasteiger partial charge on any atom is -0.467 e. The van der Waals surface area contributed by atoms with E-state index in [-0.39, 0.29) is 37.5 Å². The predicted molar refractivity (Wildman–Crippen MR) is 157 cm³/mol. The second kappa shape index (κ2) is 13.3. The lowest BCUT2D eigenvalue weighted by molar-refractivity contribution is -0.133. The van der Waals surface area contributed by atoms with Gasteiger partial charge in [-0.15, -0.1) is 0 Å². The van der Waals surface area contributed by atoms with Gasteiger partial charge in [0.1, 0.15) is 5.76 Å². The van der Waals surface area contributed by atoms with E-state index < -0.39 is 0 Å². The molecule has 0 saturated carbocycles. The molecule has 0 bridgehead atoms. The molecule has 0 radical (unpaired) electrons. The van der Waals surface area contributed by atoms with Gasteiger partial charge in [0.2, 0.25) is 5.91 Å². The van der Waals surface area contributed by atoms with Crippen LogP contribution in [0.15, 0.2) is 108 Å². The summed E-state index contributed by atoms with van der Waals surface area (Å²) in [5.41, 5.74) is 3.12. The molecule has 1 saturated heterocycles. The van der Waals surface area contributed by atoms with Crippen LogP contribution in [0.4, 0.5) is 10.5 Å². The highest BCUT2D eigenvalue weighted by atomic mass is 35.5. The first-order valence-electron chi connectivity index (χ1n) is 13.5. The number of benzene rings is 3. The summed E-state index contributed by atoms with van der Waals surface area (Å²) in [4.78, 5) is 32.3. The molecule has 8 heteroatoms. The van der Waals surface area contributed by atoms with E-state index in [9.17, 15) is 9.59 Å². The number of carbonyl (C=O) groups excluding carboxylic acids is 2. The summed E-state index contributed by atoms with van der Waals surface area (Å²) >= 11 is 5.97. The highest BCUT2D eigenvalue weighted by molar-refractivity contribution is 6.30. The van der Waals surface area contributed by atoms with Crippen LogP contribution >= 0.6 is 11.6 Å². The molecule has 0 unspecified atom stereocenters. The standard InChI is InChI=1S/C32H33ClN4O3/c33-27-13-15-28(16-14-27)34-32(39)37(24-29-12-7-23-40-29)18-17-30(38)35-19-21-36(22-20-35)31(25-8-3-1-4-9-25)26-10-5-2-6-11-26/h1-16,23,31H,17-22,24H2,(H,34,39). The van der Waals surface area contributed by atoms with Gasteiger partial charge < -0.3 is 19.5 Å². The lowest BCUT2D eigenvalue weighted by Crippen LogP contribution is -2.50. The van der Waals surface area contributed by atoms with E-state index in [1.54, 1.807) is 41.5 Å². The monoisotopic (exact) mass is 556 g/mol. The molecule has 1 aliphatic rings. The molecule has 1 aromatic heterocycles. The number of piperazine rings is 1. The van der Waals surface area contributed by atoms with Crippen molar-refractivity contribution in [3.05, 3.63) is 125 Å². The van der Waals surface area contributed by atoms with Crippen molar-refractivity contribution in [2.24, 2.45) is 0 Å². The fourth-order valence-electron chi connectivity index (χ4n) is 5.08. The first-order valence-corrected chi connectivity index (χ1v) is 13.9. The molecule has 206 valence electrons. The highest BCUT2D eigenvalue weighted by Gasteiger charge is 2.28. The van der Waals surface area contributed by atoms with Crippen molar-refractivity contribution in [3.63, 3.8) is 0 Å². The Kier molecular flexibility index (Phi) is 9.16. The maximum Gasteiger partial charge on any atom is 0.322 e. The molecule has 7 nitrogen and oxygen atoms in total. The Bertz CT molecular complexity index is 1320. The van der Waals surface area contributed by atoms with Crippen LogP contribution in [0.3, 0.4) is 0 Å². The number of hydrogen-bond donors (Lipinski definition) is 1. The van der Waals surface area contributed by atoms with Gasteiger partial charge in [0.15, 0.2) is 0 Å². The number of amides is 3. The van der Waals surface area contributed by atoms with E-state index in [1.807, 2.05) is 23.1 Å². The fourth-order valence-corrected chi connectivity index (χ4v) is 5.21. The molecule has 0 spiro atoms. The van der Waals surface area contributed by atoms with Gasteiger partial charge in [-0.2, -0.15) is 0 Å². The minimum absolute atomic E-state index is 0.0411. The summed E-state index contributed by atoms with van der Waals surface area (Å²) in [6, 6.07) is 31.4. The average molecular weight is 557 g/mol. The summed E-state index contributed by atoms with van der Waals surface area (Å²) < 4.78 is 5.47. The van der Waals surface area contributed by atoms with Crippen LogP contribution in [0.25, 0.3) is 0 Å². The highest BCUT2D eigenvalue weighted by Crippen LogP contribution is 2.29. The number of halogens is 1. The third-order valence-corrected chi connectivity index (χ3v) is 7.42. The van der Waals surface area contributed by atoms with Crippen LogP contribution in [-0.4, -0.2) is 59.4 Å². The lowest BCUT2D eigenvalue weighted by Gasteiger charge is -2.40. The summed E-state index contributed by atoms with van der Waals surface area (Å²) in [5, 5.41) is 3.48. The number of nitrogens with zero attached hydrogens (tertiary/aromatic N) is 3. The first-order chi connectivity index (χ1) is 19.6. The summed E-state index contributed by atoms with van der Waals surface area (Å²) in [6.45, 7) is 3.37. The number of hydrogen-bond acceptors (Lipinski definition) is 4. The van der Waals surface area contributed by atoms with Crippen molar-refractivity contribution in [2.75, 3.05) is 38.0 Å². The average Bonchev–Trinajstić information content (AvgIpc) is 3.51. The Morgan fingerprint density at radius 1 is 0.825 bits per heavy atom. The number of anilines is 1. The van der Waals surface area contributed by atoms with Gasteiger partial charge in [-0.1, -0.05) is 72.3 Å². The van der Waals surface area contributed by atoms with Gasteiger partial charge >= 0.3 is 6.03 Å². The SMILES string of the molecule is O=C(CCN(Cc1ccco1)C(=O)Nc1ccc(Cl)cc1)N1CCN(C(c2ccccc2)c2ccccc2)CC1. The van der Waals surface area contributed by atoms with Crippen LogP contribution in [0.1, 0.15) is 29.3 Å². The van der Waals surface area contributed by atoms with Gasteiger partial charge in [-0.25, -0.2) is 4.79 Å². The molecule has 3 amide bonds. The van der Waals surface area contributed by atoms with Crippen molar-refractivity contribution >= 4 is 29.2 Å². The Morgan fingerprint density at radius 2 is 1.45 bits per heavy atom. The van der Waals surface area contributed by atoms with Crippen LogP contribution in [0.5, 0.6) is 0 Å². The van der Waals surface area contributed by atoms with E-state index >= 15 is 0 Å². The predicted octanol–water partition coefficient (Wildman–Crippen LogP) is 6.29. The molecule has 2 heterocycles. The Morgan fingerprint density at radius 3 is 2.02 bits per heavy atom. The molecule has 0 aliphatic carbocycles. The maximum absolute atomic E-state index is 13.3. The maximum atomic E-state index is 13.3. The van der Waals surface area contributed by atoms with Gasteiger partial charge in [0.25, 0.3) is 0 Å². The van der Waals surface area contributed by atoms with E-state index in [4.69, 9.17) is 16.0 Å². The topological polar surface area (TPSA) is 69.0 Å². The van der Waals surface area contributed by atoms with E-state index in [1.165, 1.54) is 11.1 Å². The minimum atomic E-state index is -0.301. The number of nitrogens with one attached hydrogen (secondary N) is 1. The van der Waals surface area contributed by atoms with Crippen molar-refractivity contribution in [2.45, 2.75) is 19.0 Å². The fraction of sp³-hybridized carbons (Fsp3) is 0.250. The number of rotatable bonds is 9. The number of furan rings is 1. The summed E-state index contributed by atoms with van der Waals surface area (Å²) in [7, 11) is 0. The zero-order chi connectivity index (χ0) is 27.7. The second-order valence-corrected chi connectivity index (χ2v) is 10.3. The normalized spacial score (nSPS) is 13.8. The molecule has 3 aromatic carbocycles. The Hall–Kier alpha value is -4.07. The first kappa shape index (κ1) is 27.5. The molecule has 40 heavy (non-hydrogen) atoms. The third-order valence-electron chi connectivity index (χ3n) is 7.17. The van der Waals surface area contributed by atoms with Crippen molar-refractivity contribution in [1.82, 2.24) is 14.7 Å². The quantitative estimate of drug-likeness (QED) is 0.263. The van der Waals surface area contributed by atoms with E-state index in [0.717, 1.165) is 13.1 Å². The number of urea groups is 1. The molecule has 1 fully saturated rings. The summed E-state index contributed by atoms with van der Waals surface area (Å²) in [5.74, 6) is 0.694. The second-order valence-electron chi connectivity index (χ2n) is 9.83. The molecule has 4 aromatic rings. The molecule has 1 aliphatic heterocycles.